The number of furan rings is 1. The topological polar surface area (TPSA) is 83.8 Å². The number of hydrogen-bond acceptors (Lipinski definition) is 7. The van der Waals surface area contributed by atoms with Crippen LogP contribution >= 0.6 is 11.3 Å². The Bertz CT molecular complexity index is 1190. The van der Waals surface area contributed by atoms with E-state index in [0.717, 1.165) is 35.6 Å². The van der Waals surface area contributed by atoms with Crippen LogP contribution in [0.1, 0.15) is 63.9 Å². The van der Waals surface area contributed by atoms with Crippen molar-refractivity contribution in [3.05, 3.63) is 63.7 Å². The molecule has 0 bridgehead atoms. The summed E-state index contributed by atoms with van der Waals surface area (Å²) < 4.78 is 11.1. The Morgan fingerprint density at radius 3 is 2.73 bits per heavy atom. The van der Waals surface area contributed by atoms with Crippen molar-refractivity contribution in [3.63, 3.8) is 0 Å². The molecule has 33 heavy (non-hydrogen) atoms. The molecule has 0 fully saturated rings. The third kappa shape index (κ3) is 4.05. The van der Waals surface area contributed by atoms with Crippen LogP contribution in [0.25, 0.3) is 11.3 Å². The van der Waals surface area contributed by atoms with Crippen LogP contribution in [-0.2, 0) is 17.7 Å². The van der Waals surface area contributed by atoms with E-state index < -0.39 is 6.17 Å². The molecule has 4 heterocycles. The normalized spacial score (nSPS) is 17.8. The number of amides is 1. The molecule has 1 atom stereocenters. The van der Waals surface area contributed by atoms with Gasteiger partial charge in [0.2, 0.25) is 0 Å². The maximum absolute atomic E-state index is 13.0. The van der Waals surface area contributed by atoms with Crippen molar-refractivity contribution in [1.29, 1.82) is 0 Å². The summed E-state index contributed by atoms with van der Waals surface area (Å²) in [6, 6.07) is 11.3. The Morgan fingerprint density at radius 1 is 1.21 bits per heavy atom. The Hall–Kier alpha value is -3.10. The Balaban J connectivity index is 1.35. The molecule has 0 saturated heterocycles. The summed E-state index contributed by atoms with van der Waals surface area (Å²) in [5.41, 5.74) is 3.31. The number of ether oxygens (including phenoxy) is 1. The predicted molar refractivity (Wildman–Crippen MR) is 127 cm³/mol. The summed E-state index contributed by atoms with van der Waals surface area (Å²) in [6.45, 7) is 8.39. The second kappa shape index (κ2) is 8.68. The Kier molecular flexibility index (Phi) is 5.72. The molecule has 172 valence electrons. The first-order valence-corrected chi connectivity index (χ1v) is 12.1. The van der Waals surface area contributed by atoms with Crippen LogP contribution in [0.4, 0.5) is 5.00 Å². The highest BCUT2D eigenvalue weighted by molar-refractivity contribution is 7.16. The zero-order valence-electron chi connectivity index (χ0n) is 18.9. The van der Waals surface area contributed by atoms with Gasteiger partial charge in [-0.1, -0.05) is 12.1 Å². The molecule has 2 aliphatic heterocycles. The van der Waals surface area contributed by atoms with Crippen molar-refractivity contribution in [1.82, 2.24) is 10.2 Å². The molecule has 1 amide bonds. The monoisotopic (exact) mass is 465 g/mol. The number of fused-ring (bicyclic) bond motifs is 3. The maximum Gasteiger partial charge on any atom is 0.338 e. The SMILES string of the molecule is CCOC(=O)c1ccc(-c2ccc(C3NC(=O)c4c(sc5c4CCN(C(C)C)C5)N3)o2)cc1. The minimum absolute atomic E-state index is 0.0546. The third-order valence-electron chi connectivity index (χ3n) is 6.19. The molecular formula is C25H27N3O4S. The van der Waals surface area contributed by atoms with E-state index in [1.54, 1.807) is 30.4 Å². The van der Waals surface area contributed by atoms with Gasteiger partial charge in [-0.3, -0.25) is 9.69 Å². The summed E-state index contributed by atoms with van der Waals surface area (Å²) in [5, 5.41) is 7.42. The highest BCUT2D eigenvalue weighted by Crippen LogP contribution is 2.41. The number of nitrogens with zero attached hydrogens (tertiary/aromatic N) is 1. The smallest absolute Gasteiger partial charge is 0.338 e. The van der Waals surface area contributed by atoms with Gasteiger partial charge >= 0.3 is 5.97 Å². The fourth-order valence-corrected chi connectivity index (χ4v) is 5.67. The van der Waals surface area contributed by atoms with E-state index in [4.69, 9.17) is 9.15 Å². The van der Waals surface area contributed by atoms with Gasteiger partial charge in [0.15, 0.2) is 6.17 Å². The number of hydrogen-bond donors (Lipinski definition) is 2. The number of esters is 1. The van der Waals surface area contributed by atoms with Crippen molar-refractivity contribution in [2.75, 3.05) is 18.5 Å². The molecule has 0 aliphatic carbocycles. The van der Waals surface area contributed by atoms with E-state index in [9.17, 15) is 9.59 Å². The van der Waals surface area contributed by atoms with E-state index in [2.05, 4.69) is 29.4 Å². The van der Waals surface area contributed by atoms with Crippen LogP contribution < -0.4 is 10.6 Å². The third-order valence-corrected chi connectivity index (χ3v) is 7.33. The lowest BCUT2D eigenvalue weighted by atomic mass is 10.0. The van der Waals surface area contributed by atoms with Gasteiger partial charge in [0.25, 0.3) is 5.91 Å². The zero-order chi connectivity index (χ0) is 23.1. The average molecular weight is 466 g/mol. The summed E-state index contributed by atoms with van der Waals surface area (Å²) in [4.78, 5) is 28.6. The van der Waals surface area contributed by atoms with E-state index >= 15 is 0 Å². The molecule has 2 aliphatic rings. The van der Waals surface area contributed by atoms with E-state index in [0.29, 0.717) is 29.7 Å². The number of anilines is 1. The lowest BCUT2D eigenvalue weighted by Crippen LogP contribution is -2.39. The minimum atomic E-state index is -0.432. The number of carbonyl (C=O) groups is 2. The van der Waals surface area contributed by atoms with Crippen molar-refractivity contribution in [3.8, 4) is 11.3 Å². The Labute approximate surface area is 196 Å². The van der Waals surface area contributed by atoms with Gasteiger partial charge in [-0.15, -0.1) is 11.3 Å². The fourth-order valence-electron chi connectivity index (χ4n) is 4.37. The standard InChI is InChI=1S/C25H27N3O4S/c1-4-31-25(30)16-7-5-15(6-8-16)18-9-10-19(32-18)22-26-23(29)21-17-11-12-28(14(2)3)13-20(17)33-24(21)27-22/h5-10,14,22,27H,4,11-13H2,1-3H3,(H,26,29). The maximum atomic E-state index is 13.0. The first-order chi connectivity index (χ1) is 15.9. The predicted octanol–water partition coefficient (Wildman–Crippen LogP) is 4.81. The van der Waals surface area contributed by atoms with Crippen molar-refractivity contribution >= 4 is 28.2 Å². The molecule has 1 unspecified atom stereocenters. The fraction of sp³-hybridized carbons (Fsp3) is 0.360. The second-order valence-electron chi connectivity index (χ2n) is 8.57. The van der Waals surface area contributed by atoms with Crippen LogP contribution in [0.5, 0.6) is 0 Å². The number of nitrogens with one attached hydrogen (secondary N) is 2. The lowest BCUT2D eigenvalue weighted by molar-refractivity contribution is 0.0526. The van der Waals surface area contributed by atoms with E-state index in [1.807, 2.05) is 24.3 Å². The van der Waals surface area contributed by atoms with Gasteiger partial charge in [0, 0.05) is 29.6 Å². The molecule has 2 aromatic heterocycles. The van der Waals surface area contributed by atoms with Gasteiger partial charge in [-0.05, 0) is 57.0 Å². The van der Waals surface area contributed by atoms with Crippen LogP contribution in [0.2, 0.25) is 0 Å². The minimum Gasteiger partial charge on any atom is -0.462 e. The van der Waals surface area contributed by atoms with Crippen molar-refractivity contribution < 1.29 is 18.7 Å². The van der Waals surface area contributed by atoms with E-state index in [1.165, 1.54) is 10.4 Å². The number of carbonyl (C=O) groups excluding carboxylic acids is 2. The first-order valence-electron chi connectivity index (χ1n) is 11.3. The molecule has 0 spiro atoms. The summed E-state index contributed by atoms with van der Waals surface area (Å²) in [5.74, 6) is 0.902. The zero-order valence-corrected chi connectivity index (χ0v) is 19.8. The van der Waals surface area contributed by atoms with Crippen LogP contribution in [0, 0.1) is 0 Å². The molecule has 7 nitrogen and oxygen atoms in total. The molecule has 1 aromatic carbocycles. The molecule has 0 radical (unpaired) electrons. The second-order valence-corrected chi connectivity index (χ2v) is 9.68. The summed E-state index contributed by atoms with van der Waals surface area (Å²) in [6.07, 6.45) is 0.463. The summed E-state index contributed by atoms with van der Waals surface area (Å²) >= 11 is 1.67. The summed E-state index contributed by atoms with van der Waals surface area (Å²) in [7, 11) is 0. The molecule has 5 rings (SSSR count). The van der Waals surface area contributed by atoms with Gasteiger partial charge in [-0.25, -0.2) is 4.79 Å². The average Bonchev–Trinajstić information content (AvgIpc) is 3.44. The van der Waals surface area contributed by atoms with Crippen LogP contribution in [0.3, 0.4) is 0 Å². The van der Waals surface area contributed by atoms with Gasteiger partial charge in [0.05, 0.1) is 17.7 Å². The Morgan fingerprint density at radius 2 is 2.00 bits per heavy atom. The highest BCUT2D eigenvalue weighted by Gasteiger charge is 2.34. The van der Waals surface area contributed by atoms with Crippen molar-refractivity contribution in [2.45, 2.75) is 45.9 Å². The quantitative estimate of drug-likeness (QED) is 0.527. The van der Waals surface area contributed by atoms with Crippen molar-refractivity contribution in [2.24, 2.45) is 0 Å². The highest BCUT2D eigenvalue weighted by atomic mass is 32.1. The van der Waals surface area contributed by atoms with Crippen LogP contribution in [0.15, 0.2) is 40.8 Å². The number of thiophene rings is 1. The van der Waals surface area contributed by atoms with Gasteiger partial charge in [-0.2, -0.15) is 0 Å². The first kappa shape index (κ1) is 21.7. The van der Waals surface area contributed by atoms with Gasteiger partial charge < -0.3 is 19.8 Å². The molecule has 0 saturated carbocycles. The number of benzene rings is 1. The van der Waals surface area contributed by atoms with Crippen LogP contribution in [-0.4, -0.2) is 36.0 Å². The number of rotatable bonds is 5. The van der Waals surface area contributed by atoms with Gasteiger partial charge in [0.1, 0.15) is 16.5 Å². The molecular weight excluding hydrogens is 438 g/mol. The molecule has 3 aromatic rings. The largest absolute Gasteiger partial charge is 0.462 e. The lowest BCUT2D eigenvalue weighted by Gasteiger charge is -2.30. The van der Waals surface area contributed by atoms with E-state index in [-0.39, 0.29) is 11.9 Å². The molecule has 2 N–H and O–H groups in total. The molecule has 8 heteroatoms.